The Labute approximate surface area is 178 Å². The van der Waals surface area contributed by atoms with Crippen LogP contribution in [0.3, 0.4) is 0 Å². The zero-order valence-electron chi connectivity index (χ0n) is 16.7. The molecule has 4 aromatic rings. The highest BCUT2D eigenvalue weighted by Gasteiger charge is 2.14. The van der Waals surface area contributed by atoms with E-state index in [-0.39, 0.29) is 11.7 Å². The van der Waals surface area contributed by atoms with Crippen molar-refractivity contribution in [2.45, 2.75) is 25.5 Å². The maximum atomic E-state index is 12.6. The van der Waals surface area contributed by atoms with Crippen LogP contribution in [-0.2, 0) is 11.3 Å². The quantitative estimate of drug-likeness (QED) is 0.463. The van der Waals surface area contributed by atoms with E-state index in [1.165, 1.54) is 11.8 Å². The molecule has 1 N–H and O–H groups in total. The number of hydrogen-bond donors (Lipinski definition) is 1. The number of rotatable bonds is 7. The summed E-state index contributed by atoms with van der Waals surface area (Å²) in [6.45, 7) is 4.48. The molecule has 30 heavy (non-hydrogen) atoms. The molecule has 0 saturated heterocycles. The van der Waals surface area contributed by atoms with Gasteiger partial charge in [0.1, 0.15) is 5.82 Å². The molecular formula is C21H21N7OS. The SMILES string of the molecule is Cc1ccc(-n2nc(C)cc2NC(=O)CSc2nnnn2Cc2ccccc2)cc1. The molecule has 2 aromatic carbocycles. The van der Waals surface area contributed by atoms with Crippen LogP contribution in [0.25, 0.3) is 5.69 Å². The number of nitrogens with zero attached hydrogens (tertiary/aromatic N) is 6. The number of nitrogens with one attached hydrogen (secondary N) is 1. The molecule has 0 radical (unpaired) electrons. The monoisotopic (exact) mass is 419 g/mol. The average Bonchev–Trinajstić information content (AvgIpc) is 3.33. The van der Waals surface area contributed by atoms with E-state index in [0.29, 0.717) is 17.5 Å². The molecular weight excluding hydrogens is 398 g/mol. The molecule has 0 bridgehead atoms. The number of anilines is 1. The molecule has 0 aliphatic heterocycles. The summed E-state index contributed by atoms with van der Waals surface area (Å²) < 4.78 is 3.42. The highest BCUT2D eigenvalue weighted by Crippen LogP contribution is 2.19. The van der Waals surface area contributed by atoms with Crippen LogP contribution < -0.4 is 5.32 Å². The van der Waals surface area contributed by atoms with Gasteiger partial charge in [0.05, 0.1) is 23.7 Å². The Morgan fingerprint density at radius 3 is 2.60 bits per heavy atom. The topological polar surface area (TPSA) is 90.5 Å². The third-order valence-corrected chi connectivity index (χ3v) is 5.34. The van der Waals surface area contributed by atoms with Gasteiger partial charge in [-0.3, -0.25) is 4.79 Å². The van der Waals surface area contributed by atoms with Crippen molar-refractivity contribution in [2.75, 3.05) is 11.1 Å². The molecule has 4 rings (SSSR count). The minimum Gasteiger partial charge on any atom is -0.310 e. The standard InChI is InChI=1S/C21H21N7OS/c1-15-8-10-18(11-9-15)28-19(12-16(2)24-28)22-20(29)14-30-21-23-25-26-27(21)13-17-6-4-3-5-7-17/h3-12H,13-14H2,1-2H3,(H,22,29). The van der Waals surface area contributed by atoms with E-state index >= 15 is 0 Å². The van der Waals surface area contributed by atoms with E-state index in [2.05, 4.69) is 25.9 Å². The number of aryl methyl sites for hydroxylation is 2. The number of benzene rings is 2. The molecule has 0 fully saturated rings. The van der Waals surface area contributed by atoms with Gasteiger partial charge >= 0.3 is 0 Å². The number of tetrazole rings is 1. The number of hydrogen-bond acceptors (Lipinski definition) is 6. The third-order valence-electron chi connectivity index (χ3n) is 4.38. The fourth-order valence-corrected chi connectivity index (χ4v) is 3.61. The molecule has 0 spiro atoms. The van der Waals surface area contributed by atoms with Crippen LogP contribution in [-0.4, -0.2) is 41.6 Å². The summed E-state index contributed by atoms with van der Waals surface area (Å²) in [7, 11) is 0. The second-order valence-electron chi connectivity index (χ2n) is 6.86. The Balaban J connectivity index is 1.41. The van der Waals surface area contributed by atoms with Crippen LogP contribution in [0.5, 0.6) is 0 Å². The van der Waals surface area contributed by atoms with Gasteiger partial charge in [-0.05, 0) is 42.0 Å². The van der Waals surface area contributed by atoms with Crippen molar-refractivity contribution in [3.63, 3.8) is 0 Å². The van der Waals surface area contributed by atoms with Gasteiger partial charge in [0.15, 0.2) is 0 Å². The Kier molecular flexibility index (Phi) is 5.89. The number of aromatic nitrogens is 6. The lowest BCUT2D eigenvalue weighted by molar-refractivity contribution is -0.113. The summed E-state index contributed by atoms with van der Waals surface area (Å²) >= 11 is 1.30. The molecule has 0 aliphatic carbocycles. The van der Waals surface area contributed by atoms with E-state index in [1.807, 2.05) is 74.5 Å². The lowest BCUT2D eigenvalue weighted by Crippen LogP contribution is -2.17. The minimum atomic E-state index is -0.150. The summed E-state index contributed by atoms with van der Waals surface area (Å²) in [6.07, 6.45) is 0. The summed E-state index contributed by atoms with van der Waals surface area (Å²) in [5.74, 6) is 0.668. The number of carbonyl (C=O) groups excluding carboxylic acids is 1. The van der Waals surface area contributed by atoms with Crippen LogP contribution in [0.15, 0.2) is 65.8 Å². The normalized spacial score (nSPS) is 10.9. The van der Waals surface area contributed by atoms with Gasteiger partial charge in [0.25, 0.3) is 0 Å². The molecule has 1 amide bonds. The highest BCUT2D eigenvalue weighted by molar-refractivity contribution is 7.99. The lowest BCUT2D eigenvalue weighted by atomic mass is 10.2. The van der Waals surface area contributed by atoms with Gasteiger partial charge in [-0.1, -0.05) is 59.8 Å². The first kappa shape index (κ1) is 19.8. The predicted octanol–water partition coefficient (Wildman–Crippen LogP) is 3.25. The Morgan fingerprint density at radius 1 is 1.07 bits per heavy atom. The zero-order chi connectivity index (χ0) is 20.9. The summed E-state index contributed by atoms with van der Waals surface area (Å²) in [4.78, 5) is 12.6. The van der Waals surface area contributed by atoms with E-state index in [0.717, 1.165) is 22.5 Å². The van der Waals surface area contributed by atoms with Gasteiger partial charge < -0.3 is 5.32 Å². The number of amides is 1. The third kappa shape index (κ3) is 4.74. The molecule has 2 heterocycles. The lowest BCUT2D eigenvalue weighted by Gasteiger charge is -2.09. The van der Waals surface area contributed by atoms with Crippen molar-refractivity contribution >= 4 is 23.5 Å². The van der Waals surface area contributed by atoms with Gasteiger partial charge in [0.2, 0.25) is 11.1 Å². The first-order valence-corrected chi connectivity index (χ1v) is 10.4. The molecule has 152 valence electrons. The van der Waals surface area contributed by atoms with Crippen molar-refractivity contribution in [2.24, 2.45) is 0 Å². The van der Waals surface area contributed by atoms with Gasteiger partial charge in [-0.2, -0.15) is 5.10 Å². The summed E-state index contributed by atoms with van der Waals surface area (Å²) in [5, 5.41) is 19.8. The molecule has 0 unspecified atom stereocenters. The summed E-state index contributed by atoms with van der Waals surface area (Å²) in [6, 6.07) is 19.8. The molecule has 0 atom stereocenters. The highest BCUT2D eigenvalue weighted by atomic mass is 32.2. The fourth-order valence-electron chi connectivity index (χ4n) is 2.94. The van der Waals surface area contributed by atoms with E-state index < -0.39 is 0 Å². The van der Waals surface area contributed by atoms with Gasteiger partial charge in [0, 0.05) is 6.07 Å². The first-order valence-electron chi connectivity index (χ1n) is 9.45. The minimum absolute atomic E-state index is 0.150. The van der Waals surface area contributed by atoms with Crippen molar-refractivity contribution in [3.8, 4) is 5.69 Å². The number of thioether (sulfide) groups is 1. The maximum Gasteiger partial charge on any atom is 0.236 e. The van der Waals surface area contributed by atoms with Crippen LogP contribution in [0.1, 0.15) is 16.8 Å². The van der Waals surface area contributed by atoms with Crippen molar-refractivity contribution in [3.05, 3.63) is 77.5 Å². The second kappa shape index (κ2) is 8.91. The van der Waals surface area contributed by atoms with Crippen LogP contribution in [0.4, 0.5) is 5.82 Å². The van der Waals surface area contributed by atoms with Gasteiger partial charge in [-0.15, -0.1) is 5.10 Å². The molecule has 9 heteroatoms. The Bertz CT molecular complexity index is 1140. The van der Waals surface area contributed by atoms with Crippen LogP contribution in [0.2, 0.25) is 0 Å². The van der Waals surface area contributed by atoms with Gasteiger partial charge in [-0.25, -0.2) is 9.36 Å². The van der Waals surface area contributed by atoms with Crippen LogP contribution in [0, 0.1) is 13.8 Å². The molecule has 0 saturated carbocycles. The largest absolute Gasteiger partial charge is 0.310 e. The smallest absolute Gasteiger partial charge is 0.236 e. The average molecular weight is 420 g/mol. The Hall–Kier alpha value is -3.46. The van der Waals surface area contributed by atoms with E-state index in [4.69, 9.17) is 0 Å². The zero-order valence-corrected chi connectivity index (χ0v) is 17.5. The number of carbonyl (C=O) groups is 1. The van der Waals surface area contributed by atoms with Crippen molar-refractivity contribution in [1.82, 2.24) is 30.0 Å². The molecule has 2 aromatic heterocycles. The molecule has 0 aliphatic rings. The predicted molar refractivity (Wildman–Crippen MR) is 116 cm³/mol. The van der Waals surface area contributed by atoms with Crippen LogP contribution >= 0.6 is 11.8 Å². The summed E-state index contributed by atoms with van der Waals surface area (Å²) in [5.41, 5.74) is 3.97. The van der Waals surface area contributed by atoms with E-state index in [1.54, 1.807) is 9.36 Å². The second-order valence-corrected chi connectivity index (χ2v) is 7.80. The Morgan fingerprint density at radius 2 is 1.83 bits per heavy atom. The van der Waals surface area contributed by atoms with Crippen molar-refractivity contribution in [1.29, 1.82) is 0 Å². The maximum absolute atomic E-state index is 12.6. The molecule has 8 nitrogen and oxygen atoms in total. The van der Waals surface area contributed by atoms with E-state index in [9.17, 15) is 4.79 Å². The van der Waals surface area contributed by atoms with Crippen molar-refractivity contribution < 1.29 is 4.79 Å². The fraction of sp³-hybridized carbons (Fsp3) is 0.190. The first-order chi connectivity index (χ1) is 14.6.